The third kappa shape index (κ3) is 4.73. The van der Waals surface area contributed by atoms with Gasteiger partial charge in [0.1, 0.15) is 0 Å². The summed E-state index contributed by atoms with van der Waals surface area (Å²) in [7, 11) is 0. The average Bonchev–Trinajstić information content (AvgIpc) is 2.39. The number of benzene rings is 1. The van der Waals surface area contributed by atoms with E-state index in [1.807, 2.05) is 6.92 Å². The second-order valence-corrected chi connectivity index (χ2v) is 4.39. The Kier molecular flexibility index (Phi) is 5.69. The maximum Gasteiger partial charge on any atom is 0.416 e. The molecule has 0 unspecified atom stereocenters. The fraction of sp³-hybridized carbons (Fsp3) is 0.333. The first-order valence-corrected chi connectivity index (χ1v) is 6.45. The number of nitrogens with zero attached hydrogens (tertiary/aromatic N) is 2. The Balaban J connectivity index is 3.15. The zero-order valence-corrected chi connectivity index (χ0v) is 12.2. The number of allylic oxidation sites excluding steroid dienone is 1. The van der Waals surface area contributed by atoms with Gasteiger partial charge in [0.05, 0.1) is 11.3 Å². The van der Waals surface area contributed by atoms with Gasteiger partial charge in [0.2, 0.25) is 0 Å². The minimum atomic E-state index is -4.38. The summed E-state index contributed by atoms with van der Waals surface area (Å²) in [6, 6.07) is 4.86. The minimum absolute atomic E-state index is 0.228. The fourth-order valence-electron chi connectivity index (χ4n) is 1.83. The molecule has 0 aliphatic rings. The fourth-order valence-corrected chi connectivity index (χ4v) is 1.83. The molecule has 0 aliphatic carbocycles. The van der Waals surface area contributed by atoms with Gasteiger partial charge in [0.15, 0.2) is 0 Å². The van der Waals surface area contributed by atoms with Crippen molar-refractivity contribution in [3.63, 3.8) is 0 Å². The second kappa shape index (κ2) is 7.06. The van der Waals surface area contributed by atoms with Crippen LogP contribution >= 0.6 is 0 Å². The molecular weight excluding hydrogens is 279 g/mol. The van der Waals surface area contributed by atoms with Crippen molar-refractivity contribution in [1.29, 1.82) is 0 Å². The second-order valence-electron chi connectivity index (χ2n) is 4.39. The van der Waals surface area contributed by atoms with E-state index in [0.717, 1.165) is 12.1 Å². The predicted octanol–water partition coefficient (Wildman–Crippen LogP) is 4.12. The molecule has 1 aromatic rings. The molecule has 0 saturated carbocycles. The molecule has 2 N–H and O–H groups in total. The molecule has 0 amide bonds. The van der Waals surface area contributed by atoms with Gasteiger partial charge in [-0.05, 0) is 39.0 Å². The molecule has 0 aromatic heterocycles. The Labute approximate surface area is 122 Å². The number of nitrogens with two attached hydrogens (primary N) is 1. The molecule has 6 heteroatoms. The Morgan fingerprint density at radius 3 is 2.43 bits per heavy atom. The summed E-state index contributed by atoms with van der Waals surface area (Å²) >= 11 is 0. The van der Waals surface area contributed by atoms with E-state index in [1.165, 1.54) is 18.3 Å². The normalized spacial score (nSPS) is 14.5. The third-order valence-corrected chi connectivity index (χ3v) is 2.81. The quantitative estimate of drug-likeness (QED) is 0.835. The summed E-state index contributed by atoms with van der Waals surface area (Å²) in [4.78, 5) is 8.42. The van der Waals surface area contributed by atoms with E-state index in [9.17, 15) is 13.2 Å². The topological polar surface area (TPSA) is 50.7 Å². The highest BCUT2D eigenvalue weighted by atomic mass is 19.4. The molecule has 21 heavy (non-hydrogen) atoms. The van der Waals surface area contributed by atoms with E-state index in [-0.39, 0.29) is 5.69 Å². The van der Waals surface area contributed by atoms with E-state index in [2.05, 4.69) is 9.98 Å². The number of hydrogen-bond acceptors (Lipinski definition) is 3. The molecule has 0 fully saturated rings. The van der Waals surface area contributed by atoms with Crippen LogP contribution in [-0.2, 0) is 6.18 Å². The smallest absolute Gasteiger partial charge is 0.404 e. The zero-order chi connectivity index (χ0) is 16.0. The first-order chi connectivity index (χ1) is 9.79. The van der Waals surface area contributed by atoms with Crippen LogP contribution in [0.1, 0.15) is 26.3 Å². The Hall–Kier alpha value is -2.11. The number of aliphatic imine (C=N–C) groups is 2. The lowest BCUT2D eigenvalue weighted by molar-refractivity contribution is -0.137. The molecule has 1 rings (SSSR count). The number of halogens is 3. The minimum Gasteiger partial charge on any atom is -0.404 e. The van der Waals surface area contributed by atoms with Crippen molar-refractivity contribution in [2.45, 2.75) is 26.9 Å². The van der Waals surface area contributed by atoms with Crippen LogP contribution in [0.25, 0.3) is 0 Å². The number of rotatable bonds is 4. The van der Waals surface area contributed by atoms with Gasteiger partial charge < -0.3 is 5.73 Å². The Morgan fingerprint density at radius 1 is 1.24 bits per heavy atom. The van der Waals surface area contributed by atoms with Gasteiger partial charge in [-0.3, -0.25) is 9.98 Å². The van der Waals surface area contributed by atoms with Gasteiger partial charge in [-0.25, -0.2) is 0 Å². The molecule has 0 spiro atoms. The molecule has 0 heterocycles. The molecular formula is C15H18F3N3. The van der Waals surface area contributed by atoms with Gasteiger partial charge in [-0.1, -0.05) is 6.07 Å². The van der Waals surface area contributed by atoms with E-state index in [4.69, 9.17) is 5.73 Å². The van der Waals surface area contributed by atoms with Crippen LogP contribution in [0.5, 0.6) is 0 Å². The highest BCUT2D eigenvalue weighted by Crippen LogP contribution is 2.31. The average molecular weight is 297 g/mol. The summed E-state index contributed by atoms with van der Waals surface area (Å²) in [5.74, 6) is 0. The molecule has 0 atom stereocenters. The van der Waals surface area contributed by atoms with Crippen molar-refractivity contribution in [3.8, 4) is 0 Å². The number of hydrogen-bond donors (Lipinski definition) is 1. The summed E-state index contributed by atoms with van der Waals surface area (Å²) < 4.78 is 38.0. The first kappa shape index (κ1) is 16.9. The summed E-state index contributed by atoms with van der Waals surface area (Å²) in [6.45, 7) is 5.96. The Morgan fingerprint density at radius 2 is 1.90 bits per heavy atom. The van der Waals surface area contributed by atoms with Crippen molar-refractivity contribution >= 4 is 17.1 Å². The Bertz CT molecular complexity index is 584. The van der Waals surface area contributed by atoms with Crippen LogP contribution in [0.15, 0.2) is 46.0 Å². The van der Waals surface area contributed by atoms with Crippen molar-refractivity contribution in [1.82, 2.24) is 0 Å². The van der Waals surface area contributed by atoms with Gasteiger partial charge >= 0.3 is 6.18 Å². The van der Waals surface area contributed by atoms with E-state index in [0.29, 0.717) is 23.5 Å². The molecule has 0 aliphatic heterocycles. The van der Waals surface area contributed by atoms with Gasteiger partial charge in [-0.15, -0.1) is 0 Å². The van der Waals surface area contributed by atoms with Crippen LogP contribution in [0.3, 0.4) is 0 Å². The first-order valence-electron chi connectivity index (χ1n) is 6.45. The van der Waals surface area contributed by atoms with Crippen LogP contribution in [0, 0.1) is 0 Å². The summed E-state index contributed by atoms with van der Waals surface area (Å²) in [5.41, 5.74) is 6.90. The molecule has 0 radical (unpaired) electrons. The maximum absolute atomic E-state index is 12.7. The number of alkyl halides is 3. The lowest BCUT2D eigenvalue weighted by Gasteiger charge is -2.09. The highest BCUT2D eigenvalue weighted by Gasteiger charge is 2.30. The van der Waals surface area contributed by atoms with Crippen molar-refractivity contribution in [2.24, 2.45) is 15.7 Å². The van der Waals surface area contributed by atoms with Crippen molar-refractivity contribution < 1.29 is 13.2 Å². The third-order valence-electron chi connectivity index (χ3n) is 2.81. The predicted molar refractivity (Wildman–Crippen MR) is 80.1 cm³/mol. The van der Waals surface area contributed by atoms with Gasteiger partial charge in [-0.2, -0.15) is 13.2 Å². The molecule has 1 aromatic carbocycles. The monoisotopic (exact) mass is 297 g/mol. The SMILES string of the molecule is CCN=C(C)C(=CN)C(C)=Nc1cccc(C(F)(F)F)c1. The van der Waals surface area contributed by atoms with Gasteiger partial charge in [0, 0.05) is 29.7 Å². The van der Waals surface area contributed by atoms with Gasteiger partial charge in [0.25, 0.3) is 0 Å². The standard InChI is InChI=1S/C15H18F3N3/c1-4-20-10(2)14(9-19)11(3)21-13-7-5-6-12(8-13)15(16,17)18/h5-9H,4,19H2,1-3H3. The van der Waals surface area contributed by atoms with Crippen LogP contribution in [0.2, 0.25) is 0 Å². The lowest BCUT2D eigenvalue weighted by atomic mass is 10.1. The van der Waals surface area contributed by atoms with Crippen LogP contribution in [-0.4, -0.2) is 18.0 Å². The zero-order valence-electron chi connectivity index (χ0n) is 12.2. The van der Waals surface area contributed by atoms with E-state index < -0.39 is 11.7 Å². The summed E-state index contributed by atoms with van der Waals surface area (Å²) in [6.07, 6.45) is -3.02. The lowest BCUT2D eigenvalue weighted by Crippen LogP contribution is -2.10. The summed E-state index contributed by atoms with van der Waals surface area (Å²) in [5, 5.41) is 0. The molecule has 0 bridgehead atoms. The molecule has 3 nitrogen and oxygen atoms in total. The maximum atomic E-state index is 12.7. The van der Waals surface area contributed by atoms with E-state index >= 15 is 0 Å². The molecule has 114 valence electrons. The van der Waals surface area contributed by atoms with Crippen molar-refractivity contribution in [3.05, 3.63) is 41.6 Å². The van der Waals surface area contributed by atoms with Crippen molar-refractivity contribution in [2.75, 3.05) is 6.54 Å². The highest BCUT2D eigenvalue weighted by molar-refractivity contribution is 6.23. The van der Waals surface area contributed by atoms with Crippen LogP contribution < -0.4 is 5.73 Å². The largest absolute Gasteiger partial charge is 0.416 e. The van der Waals surface area contributed by atoms with E-state index in [1.54, 1.807) is 13.8 Å². The molecule has 0 saturated heterocycles. The van der Waals surface area contributed by atoms with Crippen LogP contribution in [0.4, 0.5) is 18.9 Å².